The molecule has 1 aromatic rings. The van der Waals surface area contributed by atoms with Crippen molar-refractivity contribution in [2.45, 2.75) is 25.4 Å². The van der Waals surface area contributed by atoms with Crippen LogP contribution >= 0.6 is 0 Å². The molecule has 0 saturated carbocycles. The Morgan fingerprint density at radius 1 is 1.47 bits per heavy atom. The Balaban J connectivity index is 2.24. The maximum atomic E-state index is 9.32. The molecule has 2 rings (SSSR count). The lowest BCUT2D eigenvalue weighted by Gasteiger charge is -2.37. The quantitative estimate of drug-likeness (QED) is 0.893. The van der Waals surface area contributed by atoms with Gasteiger partial charge in [-0.25, -0.2) is 0 Å². The molecule has 1 atom stereocenters. The number of likely N-dealkylation sites (N-methyl/N-ethyl adjacent to an activating group) is 1. The summed E-state index contributed by atoms with van der Waals surface area (Å²) in [4.78, 5) is 4.60. The first-order valence-electron chi connectivity index (χ1n) is 6.80. The van der Waals surface area contributed by atoms with Crippen molar-refractivity contribution in [3.63, 3.8) is 0 Å². The number of hydrogen-bond donors (Lipinski definition) is 1. The number of nitriles is 1. The van der Waals surface area contributed by atoms with E-state index >= 15 is 0 Å². The van der Waals surface area contributed by atoms with Gasteiger partial charge >= 0.3 is 0 Å². The van der Waals surface area contributed by atoms with Gasteiger partial charge in [0.1, 0.15) is 6.07 Å². The lowest BCUT2D eigenvalue weighted by Crippen LogP contribution is -2.45. The van der Waals surface area contributed by atoms with Crippen LogP contribution in [-0.4, -0.2) is 38.1 Å². The zero-order valence-corrected chi connectivity index (χ0v) is 11.8. The monoisotopic (exact) mass is 258 g/mol. The Bertz CT molecular complexity index is 476. The van der Waals surface area contributed by atoms with Gasteiger partial charge in [-0.1, -0.05) is 6.07 Å². The summed E-state index contributed by atoms with van der Waals surface area (Å²) >= 11 is 0. The van der Waals surface area contributed by atoms with Crippen LogP contribution in [0.25, 0.3) is 0 Å². The Hall–Kier alpha value is -1.57. The number of nitrogens with zero attached hydrogens (tertiary/aromatic N) is 3. The van der Waals surface area contributed by atoms with E-state index in [1.54, 1.807) is 0 Å². The van der Waals surface area contributed by atoms with E-state index in [4.69, 9.17) is 5.73 Å². The van der Waals surface area contributed by atoms with Crippen LogP contribution in [0.1, 0.15) is 24.0 Å². The molecule has 1 saturated heterocycles. The van der Waals surface area contributed by atoms with E-state index < -0.39 is 0 Å². The minimum Gasteiger partial charge on any atom is -0.369 e. The molecular formula is C15H22N4. The zero-order chi connectivity index (χ0) is 13.8. The minimum atomic E-state index is 0.481. The lowest BCUT2D eigenvalue weighted by molar-refractivity contribution is 0.258. The summed E-state index contributed by atoms with van der Waals surface area (Å²) < 4.78 is 0. The first-order valence-corrected chi connectivity index (χ1v) is 6.80. The molecule has 102 valence electrons. The van der Waals surface area contributed by atoms with E-state index in [1.165, 1.54) is 12.8 Å². The van der Waals surface area contributed by atoms with Crippen molar-refractivity contribution in [1.82, 2.24) is 4.90 Å². The molecule has 0 aromatic heterocycles. The molecule has 0 aliphatic carbocycles. The molecule has 2 N–H and O–H groups in total. The van der Waals surface area contributed by atoms with Gasteiger partial charge in [0.15, 0.2) is 0 Å². The number of rotatable bonds is 3. The fourth-order valence-electron chi connectivity index (χ4n) is 2.67. The van der Waals surface area contributed by atoms with E-state index in [9.17, 15) is 5.26 Å². The molecule has 1 unspecified atom stereocenters. The minimum absolute atomic E-state index is 0.481. The van der Waals surface area contributed by atoms with Gasteiger partial charge in [-0.3, -0.25) is 0 Å². The molecule has 0 amide bonds. The predicted octanol–water partition coefficient (Wildman–Crippen LogP) is 1.55. The highest BCUT2D eigenvalue weighted by Gasteiger charge is 2.23. The van der Waals surface area contributed by atoms with Crippen molar-refractivity contribution >= 4 is 5.69 Å². The first kappa shape index (κ1) is 13.9. The summed E-state index contributed by atoms with van der Waals surface area (Å²) in [6.07, 6.45) is 2.40. The Morgan fingerprint density at radius 2 is 2.26 bits per heavy atom. The highest BCUT2D eigenvalue weighted by Crippen LogP contribution is 2.25. The normalized spacial score (nSPS) is 19.5. The molecule has 4 heteroatoms. The predicted molar refractivity (Wildman–Crippen MR) is 78.0 cm³/mol. The summed E-state index contributed by atoms with van der Waals surface area (Å²) in [7, 11) is 4.24. The van der Waals surface area contributed by atoms with Gasteiger partial charge in [-0.2, -0.15) is 5.26 Å². The third-order valence-electron chi connectivity index (χ3n) is 3.88. The highest BCUT2D eigenvalue weighted by atomic mass is 15.2. The number of piperidine rings is 1. The van der Waals surface area contributed by atoms with Crippen LogP contribution in [0, 0.1) is 11.3 Å². The second-order valence-electron chi connectivity index (χ2n) is 5.37. The average molecular weight is 258 g/mol. The Morgan fingerprint density at radius 3 is 2.89 bits per heavy atom. The van der Waals surface area contributed by atoms with E-state index in [2.05, 4.69) is 30.0 Å². The van der Waals surface area contributed by atoms with Gasteiger partial charge in [-0.15, -0.1) is 0 Å². The first-order chi connectivity index (χ1) is 9.15. The van der Waals surface area contributed by atoms with Crippen molar-refractivity contribution in [2.75, 3.05) is 32.1 Å². The molecule has 0 spiro atoms. The van der Waals surface area contributed by atoms with Crippen molar-refractivity contribution in [2.24, 2.45) is 5.73 Å². The van der Waals surface area contributed by atoms with Crippen LogP contribution in [0.4, 0.5) is 5.69 Å². The molecule has 19 heavy (non-hydrogen) atoms. The molecule has 1 aliphatic heterocycles. The molecule has 0 bridgehead atoms. The zero-order valence-electron chi connectivity index (χ0n) is 11.8. The molecular weight excluding hydrogens is 236 g/mol. The summed E-state index contributed by atoms with van der Waals surface area (Å²) in [5, 5.41) is 9.32. The molecule has 1 aliphatic rings. The highest BCUT2D eigenvalue weighted by molar-refractivity contribution is 5.60. The van der Waals surface area contributed by atoms with Crippen molar-refractivity contribution in [3.05, 3.63) is 29.3 Å². The second kappa shape index (κ2) is 6.05. The van der Waals surface area contributed by atoms with Gasteiger partial charge in [0.25, 0.3) is 0 Å². The number of anilines is 1. The van der Waals surface area contributed by atoms with Crippen LogP contribution in [0.15, 0.2) is 18.2 Å². The van der Waals surface area contributed by atoms with Gasteiger partial charge < -0.3 is 15.5 Å². The third-order valence-corrected chi connectivity index (χ3v) is 3.88. The summed E-state index contributed by atoms with van der Waals surface area (Å²) in [6, 6.07) is 8.84. The van der Waals surface area contributed by atoms with Crippen LogP contribution in [0.2, 0.25) is 0 Å². The van der Waals surface area contributed by atoms with Gasteiger partial charge in [0, 0.05) is 25.7 Å². The van der Waals surface area contributed by atoms with Crippen LogP contribution in [-0.2, 0) is 6.54 Å². The fraction of sp³-hybridized carbons (Fsp3) is 0.533. The number of benzene rings is 1. The smallest absolute Gasteiger partial charge is 0.101 e. The topological polar surface area (TPSA) is 56.3 Å². The van der Waals surface area contributed by atoms with E-state index in [0.717, 1.165) is 29.9 Å². The maximum Gasteiger partial charge on any atom is 0.101 e. The van der Waals surface area contributed by atoms with Crippen molar-refractivity contribution in [3.8, 4) is 6.07 Å². The third kappa shape index (κ3) is 3.06. The van der Waals surface area contributed by atoms with Crippen molar-refractivity contribution < 1.29 is 0 Å². The fourth-order valence-corrected chi connectivity index (χ4v) is 2.67. The summed E-state index contributed by atoms with van der Waals surface area (Å²) in [5.74, 6) is 0. The van der Waals surface area contributed by atoms with E-state index in [0.29, 0.717) is 12.6 Å². The van der Waals surface area contributed by atoms with E-state index in [1.807, 2.05) is 18.2 Å². The largest absolute Gasteiger partial charge is 0.369 e. The molecule has 1 heterocycles. The second-order valence-corrected chi connectivity index (χ2v) is 5.37. The molecule has 4 nitrogen and oxygen atoms in total. The van der Waals surface area contributed by atoms with Crippen LogP contribution < -0.4 is 10.6 Å². The van der Waals surface area contributed by atoms with E-state index in [-0.39, 0.29) is 0 Å². The molecule has 1 fully saturated rings. The Kier molecular flexibility index (Phi) is 4.41. The standard InChI is InChI=1S/C15H22N4/c1-18(2)14-4-3-7-19(11-14)15-6-5-12(9-16)8-13(15)10-17/h5-6,8,14H,3-4,7,9,11,16H2,1-2H3. The Labute approximate surface area is 115 Å². The van der Waals surface area contributed by atoms with Gasteiger partial charge in [0.2, 0.25) is 0 Å². The van der Waals surface area contributed by atoms with Gasteiger partial charge in [0.05, 0.1) is 11.3 Å². The lowest BCUT2D eigenvalue weighted by atomic mass is 10.0. The molecule has 1 aromatic carbocycles. The van der Waals surface area contributed by atoms with Crippen LogP contribution in [0.3, 0.4) is 0 Å². The number of nitrogens with two attached hydrogens (primary N) is 1. The SMILES string of the molecule is CN(C)C1CCCN(c2ccc(CN)cc2C#N)C1. The molecule has 0 radical (unpaired) electrons. The summed E-state index contributed by atoms with van der Waals surface area (Å²) in [5.41, 5.74) is 8.44. The number of hydrogen-bond acceptors (Lipinski definition) is 4. The van der Waals surface area contributed by atoms with Gasteiger partial charge in [-0.05, 0) is 44.6 Å². The maximum absolute atomic E-state index is 9.32. The van der Waals surface area contributed by atoms with Crippen molar-refractivity contribution in [1.29, 1.82) is 5.26 Å². The van der Waals surface area contributed by atoms with Crippen LogP contribution in [0.5, 0.6) is 0 Å². The average Bonchev–Trinajstić information content (AvgIpc) is 2.46. The summed E-state index contributed by atoms with van der Waals surface area (Å²) in [6.45, 7) is 2.50.